The van der Waals surface area contributed by atoms with Gasteiger partial charge in [-0.3, -0.25) is 9.69 Å². The summed E-state index contributed by atoms with van der Waals surface area (Å²) < 4.78 is 32.7. The molecule has 0 N–H and O–H groups in total. The zero-order valence-electron chi connectivity index (χ0n) is 15.8. The highest BCUT2D eigenvalue weighted by Crippen LogP contribution is 2.19. The first-order chi connectivity index (χ1) is 13.0. The highest BCUT2D eigenvalue weighted by Gasteiger charge is 2.24. The Hall–Kier alpha value is -2.28. The molecule has 2 aromatic rings. The maximum atomic E-state index is 14.0. The molecule has 1 aromatic carbocycles. The van der Waals surface area contributed by atoms with Crippen LogP contribution in [-0.2, 0) is 13.1 Å². The van der Waals surface area contributed by atoms with Gasteiger partial charge >= 0.3 is 0 Å². The van der Waals surface area contributed by atoms with Gasteiger partial charge in [-0.1, -0.05) is 13.0 Å². The second kappa shape index (κ2) is 8.61. The summed E-state index contributed by atoms with van der Waals surface area (Å²) in [6.45, 7) is 6.23. The Morgan fingerprint density at radius 1 is 1.30 bits per heavy atom. The molecule has 1 fully saturated rings. The average molecular weight is 377 g/mol. The van der Waals surface area contributed by atoms with Crippen molar-refractivity contribution in [1.82, 2.24) is 14.8 Å². The molecule has 0 radical (unpaired) electrons. The highest BCUT2D eigenvalue weighted by molar-refractivity contribution is 5.92. The second-order valence-electron chi connectivity index (χ2n) is 7.02. The molecule has 1 unspecified atom stereocenters. The van der Waals surface area contributed by atoms with E-state index >= 15 is 0 Å². The molecular weight excluding hydrogens is 352 g/mol. The summed E-state index contributed by atoms with van der Waals surface area (Å²) in [5.74, 6) is -0.854. The van der Waals surface area contributed by atoms with Gasteiger partial charge in [0.25, 0.3) is 5.91 Å². The van der Waals surface area contributed by atoms with E-state index in [0.717, 1.165) is 38.4 Å². The van der Waals surface area contributed by atoms with Crippen LogP contribution in [0.5, 0.6) is 0 Å². The molecule has 146 valence electrons. The summed E-state index contributed by atoms with van der Waals surface area (Å²) in [5, 5.41) is 0. The van der Waals surface area contributed by atoms with Crippen molar-refractivity contribution in [2.24, 2.45) is 0 Å². The lowest BCUT2D eigenvalue weighted by molar-refractivity contribution is 0.0787. The SMILES string of the molecule is CCC(C)N(Cc1nc(C(=O)N2CCCC2)co1)Cc1ccc(F)cc1F. The van der Waals surface area contributed by atoms with Crippen molar-refractivity contribution in [2.45, 2.75) is 52.2 Å². The highest BCUT2D eigenvalue weighted by atomic mass is 19.1. The maximum absolute atomic E-state index is 14.0. The normalized spacial score (nSPS) is 15.5. The first-order valence-electron chi connectivity index (χ1n) is 9.39. The van der Waals surface area contributed by atoms with Gasteiger partial charge in [-0.05, 0) is 32.3 Å². The van der Waals surface area contributed by atoms with Crippen molar-refractivity contribution in [3.63, 3.8) is 0 Å². The van der Waals surface area contributed by atoms with Crippen molar-refractivity contribution in [3.8, 4) is 0 Å². The number of amides is 1. The third-order valence-corrected chi connectivity index (χ3v) is 5.11. The monoisotopic (exact) mass is 377 g/mol. The Kier molecular flexibility index (Phi) is 6.21. The standard InChI is InChI=1S/C20H25F2N3O2/c1-3-14(2)25(11-15-6-7-16(21)10-17(15)22)12-19-23-18(13-27-19)20(26)24-8-4-5-9-24/h6-7,10,13-14H,3-5,8-9,11-12H2,1-2H3. The molecule has 0 bridgehead atoms. The lowest BCUT2D eigenvalue weighted by Gasteiger charge is -2.27. The molecule has 1 amide bonds. The third kappa shape index (κ3) is 4.71. The number of aromatic nitrogens is 1. The fraction of sp³-hybridized carbons (Fsp3) is 0.500. The number of hydrogen-bond donors (Lipinski definition) is 0. The second-order valence-corrected chi connectivity index (χ2v) is 7.02. The Morgan fingerprint density at radius 3 is 2.70 bits per heavy atom. The molecule has 0 spiro atoms. The Labute approximate surface area is 158 Å². The van der Waals surface area contributed by atoms with Crippen LogP contribution in [0.3, 0.4) is 0 Å². The molecule has 1 atom stereocenters. The Bertz CT molecular complexity index is 787. The van der Waals surface area contributed by atoms with Gasteiger partial charge in [0.2, 0.25) is 5.89 Å². The molecule has 0 saturated carbocycles. The summed E-state index contributed by atoms with van der Waals surface area (Å²) >= 11 is 0. The van der Waals surface area contributed by atoms with E-state index < -0.39 is 11.6 Å². The molecular formula is C20H25F2N3O2. The average Bonchev–Trinajstić information content (AvgIpc) is 3.34. The molecule has 5 nitrogen and oxygen atoms in total. The zero-order valence-corrected chi connectivity index (χ0v) is 15.8. The number of carbonyl (C=O) groups excluding carboxylic acids is 1. The van der Waals surface area contributed by atoms with Crippen molar-refractivity contribution in [1.29, 1.82) is 0 Å². The number of rotatable bonds is 7. The maximum Gasteiger partial charge on any atom is 0.275 e. The van der Waals surface area contributed by atoms with E-state index in [1.54, 1.807) is 4.90 Å². The quantitative estimate of drug-likeness (QED) is 0.732. The number of likely N-dealkylation sites (tertiary alicyclic amines) is 1. The number of hydrogen-bond acceptors (Lipinski definition) is 4. The van der Waals surface area contributed by atoms with E-state index in [1.807, 2.05) is 18.7 Å². The first-order valence-corrected chi connectivity index (χ1v) is 9.39. The molecule has 7 heteroatoms. The van der Waals surface area contributed by atoms with Gasteiger partial charge in [-0.25, -0.2) is 13.8 Å². The minimum Gasteiger partial charge on any atom is -0.447 e. The number of halogens is 2. The number of nitrogens with zero attached hydrogens (tertiary/aromatic N) is 3. The van der Waals surface area contributed by atoms with Gasteiger partial charge in [0.15, 0.2) is 5.69 Å². The predicted molar refractivity (Wildman–Crippen MR) is 97.0 cm³/mol. The van der Waals surface area contributed by atoms with E-state index in [1.165, 1.54) is 18.4 Å². The van der Waals surface area contributed by atoms with Gasteiger partial charge in [-0.2, -0.15) is 0 Å². The minimum absolute atomic E-state index is 0.109. The third-order valence-electron chi connectivity index (χ3n) is 5.11. The fourth-order valence-electron chi connectivity index (χ4n) is 3.23. The van der Waals surface area contributed by atoms with Gasteiger partial charge < -0.3 is 9.32 Å². The van der Waals surface area contributed by atoms with Crippen LogP contribution in [0.4, 0.5) is 8.78 Å². The van der Waals surface area contributed by atoms with Crippen LogP contribution in [0, 0.1) is 11.6 Å². The van der Waals surface area contributed by atoms with Gasteiger partial charge in [0.1, 0.15) is 17.9 Å². The molecule has 1 aliphatic heterocycles. The summed E-state index contributed by atoms with van der Waals surface area (Å²) in [6.07, 6.45) is 4.27. The number of oxazole rings is 1. The Morgan fingerprint density at radius 2 is 2.04 bits per heavy atom. The van der Waals surface area contributed by atoms with Crippen LogP contribution in [0.1, 0.15) is 55.1 Å². The molecule has 3 rings (SSSR count). The van der Waals surface area contributed by atoms with E-state index in [9.17, 15) is 13.6 Å². The van der Waals surface area contributed by atoms with Gasteiger partial charge in [-0.15, -0.1) is 0 Å². The fourth-order valence-corrected chi connectivity index (χ4v) is 3.23. The number of carbonyl (C=O) groups is 1. The van der Waals surface area contributed by atoms with Crippen LogP contribution in [0.15, 0.2) is 28.9 Å². The zero-order chi connectivity index (χ0) is 19.4. The summed E-state index contributed by atoms with van der Waals surface area (Å²) in [7, 11) is 0. The topological polar surface area (TPSA) is 49.6 Å². The lowest BCUT2D eigenvalue weighted by atomic mass is 10.1. The number of benzene rings is 1. The van der Waals surface area contributed by atoms with Crippen molar-refractivity contribution in [2.75, 3.05) is 13.1 Å². The smallest absolute Gasteiger partial charge is 0.275 e. The molecule has 27 heavy (non-hydrogen) atoms. The molecule has 2 heterocycles. The first kappa shape index (κ1) is 19.5. The van der Waals surface area contributed by atoms with Crippen LogP contribution >= 0.6 is 0 Å². The van der Waals surface area contributed by atoms with E-state index in [0.29, 0.717) is 30.2 Å². The summed E-state index contributed by atoms with van der Waals surface area (Å²) in [4.78, 5) is 20.5. The van der Waals surface area contributed by atoms with Crippen LogP contribution in [0.25, 0.3) is 0 Å². The van der Waals surface area contributed by atoms with Crippen molar-refractivity contribution in [3.05, 3.63) is 53.2 Å². The molecule has 1 saturated heterocycles. The van der Waals surface area contributed by atoms with Gasteiger partial charge in [0.05, 0.1) is 6.54 Å². The van der Waals surface area contributed by atoms with E-state index in [-0.39, 0.29) is 11.9 Å². The van der Waals surface area contributed by atoms with E-state index in [2.05, 4.69) is 4.98 Å². The van der Waals surface area contributed by atoms with E-state index in [4.69, 9.17) is 4.42 Å². The van der Waals surface area contributed by atoms with Crippen LogP contribution < -0.4 is 0 Å². The lowest BCUT2D eigenvalue weighted by Crippen LogP contribution is -2.32. The predicted octanol–water partition coefficient (Wildman–Crippen LogP) is 3.99. The van der Waals surface area contributed by atoms with Gasteiger partial charge in [0, 0.05) is 37.3 Å². The van der Waals surface area contributed by atoms with Crippen molar-refractivity contribution < 1.29 is 18.0 Å². The molecule has 1 aliphatic rings. The molecule has 1 aromatic heterocycles. The molecule has 0 aliphatic carbocycles. The Balaban J connectivity index is 1.72. The summed E-state index contributed by atoms with van der Waals surface area (Å²) in [6, 6.07) is 3.74. The minimum atomic E-state index is -0.593. The van der Waals surface area contributed by atoms with Crippen LogP contribution in [-0.4, -0.2) is 39.8 Å². The summed E-state index contributed by atoms with van der Waals surface area (Å²) in [5.41, 5.74) is 0.723. The van der Waals surface area contributed by atoms with Crippen molar-refractivity contribution >= 4 is 5.91 Å². The van der Waals surface area contributed by atoms with Crippen LogP contribution in [0.2, 0.25) is 0 Å². The largest absolute Gasteiger partial charge is 0.447 e.